The zero-order valence-electron chi connectivity index (χ0n) is 22.6. The molecular weight excluding hydrogens is 474 g/mol. The summed E-state index contributed by atoms with van der Waals surface area (Å²) in [6, 6.07) is 11.4. The van der Waals surface area contributed by atoms with E-state index < -0.39 is 6.09 Å². The van der Waals surface area contributed by atoms with Gasteiger partial charge in [0.25, 0.3) is 0 Å². The Labute approximate surface area is 219 Å². The topological polar surface area (TPSA) is 80.8 Å². The molecule has 1 aliphatic heterocycles. The number of carbonyl (C=O) groups is 2. The summed E-state index contributed by atoms with van der Waals surface area (Å²) in [5, 5.41) is 0. The number of unbranched alkanes of at least 4 members (excludes halogenated alkanes) is 2. The van der Waals surface area contributed by atoms with E-state index in [0.717, 1.165) is 42.5 Å². The Morgan fingerprint density at radius 3 is 2.46 bits per heavy atom. The van der Waals surface area contributed by atoms with Gasteiger partial charge in [0.1, 0.15) is 5.75 Å². The average molecular weight is 514 g/mol. The van der Waals surface area contributed by atoms with Crippen LogP contribution < -0.4 is 19.1 Å². The number of anilines is 1. The number of amides is 3. The quantitative estimate of drug-likeness (QED) is 0.358. The highest BCUT2D eigenvalue weighted by Crippen LogP contribution is 2.34. The Bertz CT molecular complexity index is 1060. The maximum absolute atomic E-state index is 13.5. The number of benzene rings is 2. The fourth-order valence-corrected chi connectivity index (χ4v) is 4.37. The molecule has 202 valence electrons. The molecule has 1 heterocycles. The fraction of sp³-hybridized carbons (Fsp3) is 0.500. The molecule has 0 saturated carbocycles. The molecule has 2 aromatic rings. The smallest absolute Gasteiger partial charge is 0.409 e. The summed E-state index contributed by atoms with van der Waals surface area (Å²) in [6.45, 7) is 4.86. The monoisotopic (exact) mass is 513 g/mol. The molecule has 1 saturated heterocycles. The molecule has 9 nitrogen and oxygen atoms in total. The van der Waals surface area contributed by atoms with Crippen LogP contribution in [0.25, 0.3) is 0 Å². The summed E-state index contributed by atoms with van der Waals surface area (Å²) in [5.74, 6) is 1.98. The van der Waals surface area contributed by atoms with E-state index in [1.54, 1.807) is 26.2 Å². The lowest BCUT2D eigenvalue weighted by molar-refractivity contribution is 0.131. The molecule has 0 aliphatic carbocycles. The highest BCUT2D eigenvalue weighted by molar-refractivity contribution is 5.93. The summed E-state index contributed by atoms with van der Waals surface area (Å²) in [6.07, 6.45) is 3.63. The highest BCUT2D eigenvalue weighted by atomic mass is 16.5. The van der Waals surface area contributed by atoms with Crippen LogP contribution in [0.4, 0.5) is 15.3 Å². The molecule has 0 spiro atoms. The standard InChI is InChI=1S/C28H39N3O6/c1-6-7-8-16-37-26-18-23(12-13-24(26)34-3)31-15-9-14-30(27(31)32)20-22-11-10-21(17-25(22)35-4)19-29(2)28(33)36-5/h10-13,17-18H,6-9,14-16,19-20H2,1-5H3. The molecule has 0 atom stereocenters. The van der Waals surface area contributed by atoms with Gasteiger partial charge in [-0.25, -0.2) is 9.59 Å². The van der Waals surface area contributed by atoms with Gasteiger partial charge in [-0.05, 0) is 36.6 Å². The van der Waals surface area contributed by atoms with Crippen LogP contribution in [0.3, 0.4) is 0 Å². The highest BCUT2D eigenvalue weighted by Gasteiger charge is 2.28. The molecule has 3 amide bonds. The van der Waals surface area contributed by atoms with E-state index in [2.05, 4.69) is 6.92 Å². The SMILES string of the molecule is CCCCCOc1cc(N2CCCN(Cc3ccc(CN(C)C(=O)OC)cc3OC)C2=O)ccc1OC. The van der Waals surface area contributed by atoms with E-state index in [1.807, 2.05) is 41.3 Å². The number of ether oxygens (including phenoxy) is 4. The average Bonchev–Trinajstić information content (AvgIpc) is 2.92. The van der Waals surface area contributed by atoms with Gasteiger partial charge in [0, 0.05) is 44.0 Å². The van der Waals surface area contributed by atoms with Crippen molar-refractivity contribution in [3.05, 3.63) is 47.5 Å². The number of rotatable bonds is 12. The molecule has 3 rings (SSSR count). The van der Waals surface area contributed by atoms with Crippen molar-refractivity contribution in [1.82, 2.24) is 9.80 Å². The second kappa shape index (κ2) is 13.6. The van der Waals surface area contributed by atoms with E-state index >= 15 is 0 Å². The Balaban J connectivity index is 1.73. The summed E-state index contributed by atoms with van der Waals surface area (Å²) < 4.78 is 21.8. The van der Waals surface area contributed by atoms with Gasteiger partial charge in [-0.15, -0.1) is 0 Å². The van der Waals surface area contributed by atoms with Crippen molar-refractivity contribution in [2.45, 2.75) is 45.7 Å². The van der Waals surface area contributed by atoms with E-state index in [4.69, 9.17) is 18.9 Å². The van der Waals surface area contributed by atoms with Crippen LogP contribution >= 0.6 is 0 Å². The molecule has 0 radical (unpaired) electrons. The molecule has 0 unspecified atom stereocenters. The van der Waals surface area contributed by atoms with Gasteiger partial charge in [0.2, 0.25) is 0 Å². The van der Waals surface area contributed by atoms with Crippen LogP contribution in [0.5, 0.6) is 17.2 Å². The van der Waals surface area contributed by atoms with Gasteiger partial charge in [0.05, 0.1) is 34.5 Å². The molecule has 2 aromatic carbocycles. The molecule has 0 bridgehead atoms. The lowest BCUT2D eigenvalue weighted by atomic mass is 10.1. The lowest BCUT2D eigenvalue weighted by Gasteiger charge is -2.36. The Morgan fingerprint density at radius 2 is 1.76 bits per heavy atom. The van der Waals surface area contributed by atoms with Crippen LogP contribution in [-0.2, 0) is 17.8 Å². The number of nitrogens with zero attached hydrogens (tertiary/aromatic N) is 3. The van der Waals surface area contributed by atoms with Crippen molar-refractivity contribution in [3.63, 3.8) is 0 Å². The van der Waals surface area contributed by atoms with Crippen LogP contribution in [-0.4, -0.2) is 70.0 Å². The zero-order valence-corrected chi connectivity index (χ0v) is 22.6. The first-order valence-electron chi connectivity index (χ1n) is 12.7. The van der Waals surface area contributed by atoms with Crippen molar-refractivity contribution in [3.8, 4) is 17.2 Å². The molecule has 1 fully saturated rings. The first-order chi connectivity index (χ1) is 17.9. The first-order valence-corrected chi connectivity index (χ1v) is 12.7. The predicted molar refractivity (Wildman–Crippen MR) is 143 cm³/mol. The fourth-order valence-electron chi connectivity index (χ4n) is 4.37. The zero-order chi connectivity index (χ0) is 26.8. The third-order valence-electron chi connectivity index (χ3n) is 6.39. The maximum atomic E-state index is 13.5. The number of carbonyl (C=O) groups excluding carboxylic acids is 2. The number of hydrogen-bond acceptors (Lipinski definition) is 6. The van der Waals surface area contributed by atoms with Gasteiger partial charge in [0.15, 0.2) is 11.5 Å². The number of hydrogen-bond donors (Lipinski definition) is 0. The van der Waals surface area contributed by atoms with Gasteiger partial charge >= 0.3 is 12.1 Å². The van der Waals surface area contributed by atoms with Crippen molar-refractivity contribution >= 4 is 17.8 Å². The third-order valence-corrected chi connectivity index (χ3v) is 6.39. The van der Waals surface area contributed by atoms with Crippen LogP contribution in [0.1, 0.15) is 43.7 Å². The van der Waals surface area contributed by atoms with E-state index in [-0.39, 0.29) is 6.03 Å². The van der Waals surface area contributed by atoms with E-state index in [0.29, 0.717) is 50.0 Å². The van der Waals surface area contributed by atoms with E-state index in [9.17, 15) is 9.59 Å². The predicted octanol–water partition coefficient (Wildman–Crippen LogP) is 5.30. The summed E-state index contributed by atoms with van der Waals surface area (Å²) >= 11 is 0. The summed E-state index contributed by atoms with van der Waals surface area (Å²) in [5.41, 5.74) is 2.59. The van der Waals surface area contributed by atoms with Gasteiger partial charge in [-0.2, -0.15) is 0 Å². The number of methoxy groups -OCH3 is 3. The Kier molecular flexibility index (Phi) is 10.3. The third kappa shape index (κ3) is 7.21. The minimum absolute atomic E-state index is 0.0649. The van der Waals surface area contributed by atoms with E-state index in [1.165, 1.54) is 12.0 Å². The minimum atomic E-state index is -0.407. The van der Waals surface area contributed by atoms with Crippen LogP contribution in [0.15, 0.2) is 36.4 Å². The first kappa shape index (κ1) is 28.0. The minimum Gasteiger partial charge on any atom is -0.496 e. The van der Waals surface area contributed by atoms with Crippen molar-refractivity contribution < 1.29 is 28.5 Å². The summed E-state index contributed by atoms with van der Waals surface area (Å²) in [7, 11) is 6.26. The summed E-state index contributed by atoms with van der Waals surface area (Å²) in [4.78, 5) is 30.3. The van der Waals surface area contributed by atoms with Crippen LogP contribution in [0.2, 0.25) is 0 Å². The Morgan fingerprint density at radius 1 is 0.973 bits per heavy atom. The second-order valence-electron chi connectivity index (χ2n) is 9.07. The van der Waals surface area contributed by atoms with Crippen molar-refractivity contribution in [1.29, 1.82) is 0 Å². The van der Waals surface area contributed by atoms with Crippen molar-refractivity contribution in [2.24, 2.45) is 0 Å². The molecule has 37 heavy (non-hydrogen) atoms. The Hall–Kier alpha value is -3.62. The second-order valence-corrected chi connectivity index (χ2v) is 9.07. The van der Waals surface area contributed by atoms with Gasteiger partial charge in [-0.1, -0.05) is 31.9 Å². The van der Waals surface area contributed by atoms with Crippen LogP contribution in [0, 0.1) is 0 Å². The van der Waals surface area contributed by atoms with Crippen molar-refractivity contribution in [2.75, 3.05) is 53.0 Å². The largest absolute Gasteiger partial charge is 0.496 e. The molecule has 9 heteroatoms. The number of urea groups is 1. The lowest BCUT2D eigenvalue weighted by Crippen LogP contribution is -2.49. The molecule has 1 aliphatic rings. The van der Waals surface area contributed by atoms with Gasteiger partial charge in [-0.3, -0.25) is 4.90 Å². The van der Waals surface area contributed by atoms with Gasteiger partial charge < -0.3 is 28.7 Å². The molecular formula is C28H39N3O6. The normalized spacial score (nSPS) is 13.4. The maximum Gasteiger partial charge on any atom is 0.409 e. The molecule has 0 N–H and O–H groups in total. The molecule has 0 aromatic heterocycles.